The van der Waals surface area contributed by atoms with E-state index in [0.717, 1.165) is 22.9 Å². The van der Waals surface area contributed by atoms with Crippen molar-refractivity contribution in [2.75, 3.05) is 12.9 Å². The molecule has 1 fully saturated rings. The molecule has 2 aromatic rings. The smallest absolute Gasteiger partial charge is 0.264 e. The van der Waals surface area contributed by atoms with Crippen LogP contribution < -0.4 is 4.74 Å². The molecule has 1 saturated carbocycles. The minimum Gasteiger partial charge on any atom is -0.481 e. The molecule has 5 nitrogen and oxygen atoms in total. The normalized spacial score (nSPS) is 22.0. The molecule has 3 unspecified atom stereocenters. The summed E-state index contributed by atoms with van der Waals surface area (Å²) < 4.78 is 33.8. The summed E-state index contributed by atoms with van der Waals surface area (Å²) in [6.07, 6.45) is 0.122. The first-order valence-electron chi connectivity index (χ1n) is 8.64. The van der Waals surface area contributed by atoms with E-state index >= 15 is 0 Å². The van der Waals surface area contributed by atoms with E-state index in [1.807, 2.05) is 32.0 Å². The highest BCUT2D eigenvalue weighted by molar-refractivity contribution is 7.85. The number of ketones is 1. The van der Waals surface area contributed by atoms with Gasteiger partial charge in [0.2, 0.25) is 0 Å². The Balaban J connectivity index is 1.91. The molecule has 0 amide bonds. The van der Waals surface area contributed by atoms with Crippen LogP contribution in [0.1, 0.15) is 22.6 Å². The van der Waals surface area contributed by atoms with E-state index in [1.165, 1.54) is 6.07 Å². The minimum absolute atomic E-state index is 0.137. The van der Waals surface area contributed by atoms with Gasteiger partial charge in [-0.15, -0.1) is 0 Å². The molecule has 0 saturated heterocycles. The molecule has 2 aromatic carbocycles. The summed E-state index contributed by atoms with van der Waals surface area (Å²) in [5, 5.41) is 0.723. The number of ether oxygens (including phenoxy) is 1. The predicted octanol–water partition coefficient (Wildman–Crippen LogP) is 4.32. The Labute approximate surface area is 174 Å². The first-order valence-corrected chi connectivity index (χ1v) is 11.2. The molecule has 0 spiro atoms. The highest BCUT2D eigenvalue weighted by Crippen LogP contribution is 2.44. The van der Waals surface area contributed by atoms with Crippen LogP contribution in [0, 0.1) is 19.8 Å². The fourth-order valence-corrected chi connectivity index (χ4v) is 4.25. The molecule has 0 heterocycles. The molecule has 0 N–H and O–H groups in total. The lowest BCUT2D eigenvalue weighted by Gasteiger charge is -2.43. The van der Waals surface area contributed by atoms with Gasteiger partial charge in [-0.3, -0.25) is 8.98 Å². The Kier molecular flexibility index (Phi) is 6.05. The molecule has 0 radical (unpaired) electrons. The van der Waals surface area contributed by atoms with Gasteiger partial charge in [0.05, 0.1) is 23.8 Å². The topological polar surface area (TPSA) is 69.7 Å². The Morgan fingerprint density at radius 3 is 2.46 bits per heavy atom. The fraction of sp³-hybridized carbons (Fsp3) is 0.350. The van der Waals surface area contributed by atoms with Gasteiger partial charge in [0.1, 0.15) is 5.75 Å². The highest BCUT2D eigenvalue weighted by atomic mass is 35.5. The molecule has 8 heteroatoms. The lowest BCUT2D eigenvalue weighted by atomic mass is 9.65. The van der Waals surface area contributed by atoms with Gasteiger partial charge in [0, 0.05) is 10.9 Å². The SMILES string of the molecule is Cc1cccc(C2C(=O)C(Oc3ccc(Cl)cc3Cl)C2COS(C)(=O)=O)c1C. The molecule has 3 rings (SSSR count). The van der Waals surface area contributed by atoms with Crippen molar-refractivity contribution in [3.8, 4) is 5.75 Å². The van der Waals surface area contributed by atoms with Crippen LogP contribution in [0.15, 0.2) is 36.4 Å². The van der Waals surface area contributed by atoms with E-state index in [0.29, 0.717) is 10.8 Å². The Morgan fingerprint density at radius 1 is 1.11 bits per heavy atom. The first kappa shape index (κ1) is 21.1. The third-order valence-corrected chi connectivity index (χ3v) is 6.10. The lowest BCUT2D eigenvalue weighted by molar-refractivity contribution is -0.145. The highest BCUT2D eigenvalue weighted by Gasteiger charge is 2.53. The Morgan fingerprint density at radius 2 is 1.82 bits per heavy atom. The minimum atomic E-state index is -3.66. The maximum absolute atomic E-state index is 12.9. The average molecular weight is 443 g/mol. The maximum atomic E-state index is 12.9. The van der Waals surface area contributed by atoms with Crippen LogP contribution in [0.4, 0.5) is 0 Å². The second-order valence-electron chi connectivity index (χ2n) is 6.93. The van der Waals surface area contributed by atoms with Crippen LogP contribution in [-0.2, 0) is 19.1 Å². The number of carbonyl (C=O) groups excluding carboxylic acids is 1. The van der Waals surface area contributed by atoms with E-state index in [2.05, 4.69) is 0 Å². The second-order valence-corrected chi connectivity index (χ2v) is 9.42. The quantitative estimate of drug-likeness (QED) is 0.623. The van der Waals surface area contributed by atoms with Gasteiger partial charge < -0.3 is 4.74 Å². The third-order valence-electron chi connectivity index (χ3n) is 5.01. The summed E-state index contributed by atoms with van der Waals surface area (Å²) in [7, 11) is -3.66. The number of benzene rings is 2. The summed E-state index contributed by atoms with van der Waals surface area (Å²) in [4.78, 5) is 12.9. The van der Waals surface area contributed by atoms with Gasteiger partial charge >= 0.3 is 0 Å². The maximum Gasteiger partial charge on any atom is 0.264 e. The summed E-state index contributed by atoms with van der Waals surface area (Å²) in [5.74, 6) is -0.790. The van der Waals surface area contributed by atoms with Crippen molar-refractivity contribution in [1.82, 2.24) is 0 Å². The van der Waals surface area contributed by atoms with E-state index < -0.39 is 28.1 Å². The van der Waals surface area contributed by atoms with Crippen molar-refractivity contribution in [2.24, 2.45) is 5.92 Å². The summed E-state index contributed by atoms with van der Waals surface area (Å²) in [6.45, 7) is 3.75. The number of aryl methyl sites for hydroxylation is 1. The first-order chi connectivity index (χ1) is 13.1. The summed E-state index contributed by atoms with van der Waals surface area (Å²) >= 11 is 12.1. The van der Waals surface area contributed by atoms with Crippen molar-refractivity contribution >= 4 is 39.1 Å². The standard InChI is InChI=1S/C20H20Cl2O5S/c1-11-5-4-6-14(12(11)2)18-15(10-26-28(3,24)25)20(19(18)23)27-17-8-7-13(21)9-16(17)22/h4-9,15,18,20H,10H2,1-3H3. The van der Waals surface area contributed by atoms with Gasteiger partial charge in [0.15, 0.2) is 11.9 Å². The van der Waals surface area contributed by atoms with Crippen LogP contribution in [0.25, 0.3) is 0 Å². The number of halogens is 2. The molecule has 0 bridgehead atoms. The van der Waals surface area contributed by atoms with E-state index in [4.69, 9.17) is 32.1 Å². The molecule has 28 heavy (non-hydrogen) atoms. The zero-order valence-electron chi connectivity index (χ0n) is 15.6. The largest absolute Gasteiger partial charge is 0.481 e. The van der Waals surface area contributed by atoms with Crippen LogP contribution in [0.3, 0.4) is 0 Å². The number of hydrogen-bond donors (Lipinski definition) is 0. The lowest BCUT2D eigenvalue weighted by Crippen LogP contribution is -2.55. The summed E-state index contributed by atoms with van der Waals surface area (Å²) in [5.41, 5.74) is 2.90. The second kappa shape index (κ2) is 8.03. The summed E-state index contributed by atoms with van der Waals surface area (Å²) in [6, 6.07) is 10.4. The number of hydrogen-bond acceptors (Lipinski definition) is 5. The van der Waals surface area contributed by atoms with Crippen molar-refractivity contribution in [3.63, 3.8) is 0 Å². The Bertz CT molecular complexity index is 1020. The van der Waals surface area contributed by atoms with Gasteiger partial charge in [-0.1, -0.05) is 41.4 Å². The predicted molar refractivity (Wildman–Crippen MR) is 109 cm³/mol. The van der Waals surface area contributed by atoms with E-state index in [-0.39, 0.29) is 17.4 Å². The molecule has 1 aliphatic rings. The van der Waals surface area contributed by atoms with Crippen molar-refractivity contribution in [1.29, 1.82) is 0 Å². The van der Waals surface area contributed by atoms with Crippen LogP contribution in [-0.4, -0.2) is 33.2 Å². The average Bonchev–Trinajstić information content (AvgIpc) is 2.60. The fourth-order valence-electron chi connectivity index (χ4n) is 3.39. The molecular weight excluding hydrogens is 423 g/mol. The molecule has 150 valence electrons. The molecule has 0 aromatic heterocycles. The zero-order valence-corrected chi connectivity index (χ0v) is 17.9. The van der Waals surface area contributed by atoms with Gasteiger partial charge in [-0.2, -0.15) is 8.42 Å². The van der Waals surface area contributed by atoms with Crippen LogP contribution in [0.2, 0.25) is 10.0 Å². The van der Waals surface area contributed by atoms with Gasteiger partial charge in [-0.25, -0.2) is 0 Å². The van der Waals surface area contributed by atoms with Crippen molar-refractivity contribution < 1.29 is 22.1 Å². The van der Waals surface area contributed by atoms with Crippen molar-refractivity contribution in [2.45, 2.75) is 25.9 Å². The molecule has 3 atom stereocenters. The zero-order chi connectivity index (χ0) is 20.6. The molecular formula is C20H20Cl2O5S. The number of Topliss-reactive ketones (excluding diaryl/α,β-unsaturated/α-hetero) is 1. The van der Waals surface area contributed by atoms with Gasteiger partial charge in [0.25, 0.3) is 10.1 Å². The Hall–Kier alpha value is -1.60. The monoisotopic (exact) mass is 442 g/mol. The van der Waals surface area contributed by atoms with E-state index in [9.17, 15) is 13.2 Å². The van der Waals surface area contributed by atoms with Gasteiger partial charge in [-0.05, 0) is 48.7 Å². The third kappa shape index (κ3) is 4.35. The van der Waals surface area contributed by atoms with Crippen LogP contribution in [0.5, 0.6) is 5.75 Å². The van der Waals surface area contributed by atoms with Crippen LogP contribution >= 0.6 is 23.2 Å². The molecule has 0 aliphatic heterocycles. The number of rotatable bonds is 6. The number of carbonyl (C=O) groups is 1. The molecule has 1 aliphatic carbocycles. The van der Waals surface area contributed by atoms with E-state index in [1.54, 1.807) is 12.1 Å². The van der Waals surface area contributed by atoms with Crippen molar-refractivity contribution in [3.05, 3.63) is 63.1 Å².